The van der Waals surface area contributed by atoms with Crippen LogP contribution in [-0.2, 0) is 11.2 Å². The van der Waals surface area contributed by atoms with E-state index in [1.165, 1.54) is 11.1 Å². The number of carbonyl (C=O) groups excluding carboxylic acids is 1. The maximum Gasteiger partial charge on any atom is 0.220 e. The van der Waals surface area contributed by atoms with Crippen LogP contribution in [0.3, 0.4) is 0 Å². The van der Waals surface area contributed by atoms with Crippen molar-refractivity contribution >= 4 is 5.91 Å². The van der Waals surface area contributed by atoms with E-state index in [0.29, 0.717) is 12.3 Å². The lowest BCUT2D eigenvalue weighted by atomic mass is 9.88. The maximum absolute atomic E-state index is 12.7. The summed E-state index contributed by atoms with van der Waals surface area (Å²) in [4.78, 5) is 12.7. The van der Waals surface area contributed by atoms with E-state index >= 15 is 0 Å². The van der Waals surface area contributed by atoms with Crippen molar-refractivity contribution in [2.45, 2.75) is 38.1 Å². The highest BCUT2D eigenvalue weighted by atomic mass is 16.1. The van der Waals surface area contributed by atoms with Crippen LogP contribution in [0.2, 0.25) is 0 Å². The van der Waals surface area contributed by atoms with Crippen LogP contribution in [0, 0.1) is 5.92 Å². The van der Waals surface area contributed by atoms with Gasteiger partial charge in [-0.25, -0.2) is 0 Å². The number of carbonyl (C=O) groups is 1. The normalized spacial score (nSPS) is 21.5. The summed E-state index contributed by atoms with van der Waals surface area (Å²) in [7, 11) is 0. The number of hydrogen-bond donors (Lipinski definition) is 2. The van der Waals surface area contributed by atoms with Crippen molar-refractivity contribution in [3.63, 3.8) is 0 Å². The van der Waals surface area contributed by atoms with E-state index in [0.717, 1.165) is 25.9 Å². The summed E-state index contributed by atoms with van der Waals surface area (Å²) in [5.74, 6) is 0.898. The molecule has 3 heteroatoms. The fourth-order valence-corrected chi connectivity index (χ4v) is 3.60. The first kappa shape index (κ1) is 17.7. The van der Waals surface area contributed by atoms with Gasteiger partial charge < -0.3 is 10.6 Å². The van der Waals surface area contributed by atoms with Gasteiger partial charge in [-0.15, -0.1) is 0 Å². The lowest BCUT2D eigenvalue weighted by molar-refractivity contribution is -0.122. The summed E-state index contributed by atoms with van der Waals surface area (Å²) in [6, 6.07) is 21.1. The Hall–Kier alpha value is -2.13. The van der Waals surface area contributed by atoms with Crippen LogP contribution >= 0.6 is 0 Å². The molecule has 0 radical (unpaired) electrons. The SMILES string of the molecule is CC1CCNCC1NC(=O)CC(Cc1ccccc1)c1ccccc1. The Labute approximate surface area is 150 Å². The average molecular weight is 336 g/mol. The molecule has 0 spiro atoms. The van der Waals surface area contributed by atoms with Crippen LogP contribution < -0.4 is 10.6 Å². The van der Waals surface area contributed by atoms with E-state index in [4.69, 9.17) is 0 Å². The van der Waals surface area contributed by atoms with Gasteiger partial charge in [0.1, 0.15) is 0 Å². The van der Waals surface area contributed by atoms with E-state index in [-0.39, 0.29) is 17.9 Å². The summed E-state index contributed by atoms with van der Waals surface area (Å²) in [6.07, 6.45) is 2.54. The standard InChI is InChI=1S/C22H28N2O/c1-17-12-13-23-16-21(17)24-22(25)15-20(19-10-6-3-7-11-19)14-18-8-4-2-5-9-18/h2-11,17,20-21,23H,12-16H2,1H3,(H,24,25). The second-order valence-electron chi connectivity index (χ2n) is 7.15. The van der Waals surface area contributed by atoms with E-state index in [1.54, 1.807) is 0 Å². The third kappa shape index (κ3) is 5.17. The summed E-state index contributed by atoms with van der Waals surface area (Å²) < 4.78 is 0. The predicted molar refractivity (Wildman–Crippen MR) is 103 cm³/mol. The molecule has 0 aromatic heterocycles. The minimum Gasteiger partial charge on any atom is -0.352 e. The number of rotatable bonds is 6. The fraction of sp³-hybridized carbons (Fsp3) is 0.409. The molecule has 0 aliphatic carbocycles. The molecular formula is C22H28N2O. The molecule has 1 amide bonds. The topological polar surface area (TPSA) is 41.1 Å². The van der Waals surface area contributed by atoms with E-state index in [2.05, 4.69) is 66.1 Å². The van der Waals surface area contributed by atoms with Gasteiger partial charge in [-0.05, 0) is 42.3 Å². The Bertz CT molecular complexity index is 656. The number of nitrogens with one attached hydrogen (secondary N) is 2. The lowest BCUT2D eigenvalue weighted by Crippen LogP contribution is -2.50. The second-order valence-corrected chi connectivity index (χ2v) is 7.15. The predicted octanol–water partition coefficient (Wildman–Crippen LogP) is 3.52. The molecule has 3 unspecified atom stereocenters. The molecule has 3 nitrogen and oxygen atoms in total. The third-order valence-corrected chi connectivity index (χ3v) is 5.20. The molecule has 0 bridgehead atoms. The molecule has 1 saturated heterocycles. The molecule has 132 valence electrons. The summed E-state index contributed by atoms with van der Waals surface area (Å²) in [5, 5.41) is 6.63. The average Bonchev–Trinajstić information content (AvgIpc) is 2.65. The molecule has 1 aliphatic rings. The Morgan fingerprint density at radius 2 is 1.80 bits per heavy atom. The van der Waals surface area contributed by atoms with Crippen molar-refractivity contribution in [2.24, 2.45) is 5.92 Å². The monoisotopic (exact) mass is 336 g/mol. The van der Waals surface area contributed by atoms with Crippen LogP contribution in [0.4, 0.5) is 0 Å². The highest BCUT2D eigenvalue weighted by molar-refractivity contribution is 5.77. The van der Waals surface area contributed by atoms with Gasteiger partial charge in [0.2, 0.25) is 5.91 Å². The lowest BCUT2D eigenvalue weighted by Gasteiger charge is -2.30. The smallest absolute Gasteiger partial charge is 0.220 e. The Kier molecular flexibility index (Phi) is 6.24. The zero-order chi connectivity index (χ0) is 17.5. The quantitative estimate of drug-likeness (QED) is 0.847. The number of amides is 1. The minimum absolute atomic E-state index is 0.158. The summed E-state index contributed by atoms with van der Waals surface area (Å²) >= 11 is 0. The van der Waals surface area contributed by atoms with E-state index in [1.807, 2.05) is 12.1 Å². The van der Waals surface area contributed by atoms with Crippen molar-refractivity contribution < 1.29 is 4.79 Å². The molecule has 3 rings (SSSR count). The molecule has 2 aromatic carbocycles. The second kappa shape index (κ2) is 8.82. The van der Waals surface area contributed by atoms with Crippen LogP contribution in [0.25, 0.3) is 0 Å². The fourth-order valence-electron chi connectivity index (χ4n) is 3.60. The molecule has 1 aliphatic heterocycles. The highest BCUT2D eigenvalue weighted by Gasteiger charge is 2.24. The Balaban J connectivity index is 1.67. The minimum atomic E-state index is 0.158. The summed E-state index contributed by atoms with van der Waals surface area (Å²) in [6.45, 7) is 4.15. The van der Waals surface area contributed by atoms with Crippen molar-refractivity contribution in [1.82, 2.24) is 10.6 Å². The van der Waals surface area contributed by atoms with Gasteiger partial charge >= 0.3 is 0 Å². The number of benzene rings is 2. The molecule has 25 heavy (non-hydrogen) atoms. The van der Waals surface area contributed by atoms with Gasteiger partial charge in [0.15, 0.2) is 0 Å². The van der Waals surface area contributed by atoms with Crippen molar-refractivity contribution in [1.29, 1.82) is 0 Å². The zero-order valence-corrected chi connectivity index (χ0v) is 14.9. The maximum atomic E-state index is 12.7. The molecule has 3 atom stereocenters. The van der Waals surface area contributed by atoms with Crippen LogP contribution in [-0.4, -0.2) is 25.0 Å². The zero-order valence-electron chi connectivity index (χ0n) is 14.9. The highest BCUT2D eigenvalue weighted by Crippen LogP contribution is 2.24. The first-order chi connectivity index (χ1) is 12.2. The van der Waals surface area contributed by atoms with Gasteiger partial charge in [-0.2, -0.15) is 0 Å². The first-order valence-corrected chi connectivity index (χ1v) is 9.31. The third-order valence-electron chi connectivity index (χ3n) is 5.20. The molecule has 1 fully saturated rings. The van der Waals surface area contributed by atoms with Crippen molar-refractivity contribution in [3.05, 3.63) is 71.8 Å². The molecule has 1 heterocycles. The number of piperidine rings is 1. The molecule has 2 N–H and O–H groups in total. The van der Waals surface area contributed by atoms with Crippen LogP contribution in [0.5, 0.6) is 0 Å². The van der Waals surface area contributed by atoms with Gasteiger partial charge in [0.25, 0.3) is 0 Å². The van der Waals surface area contributed by atoms with E-state index < -0.39 is 0 Å². The Morgan fingerprint density at radius 3 is 2.48 bits per heavy atom. The van der Waals surface area contributed by atoms with Crippen molar-refractivity contribution in [2.75, 3.05) is 13.1 Å². The Morgan fingerprint density at radius 1 is 1.12 bits per heavy atom. The number of hydrogen-bond acceptors (Lipinski definition) is 2. The van der Waals surface area contributed by atoms with Gasteiger partial charge in [-0.1, -0.05) is 67.6 Å². The van der Waals surface area contributed by atoms with Crippen LogP contribution in [0.1, 0.15) is 36.8 Å². The van der Waals surface area contributed by atoms with Gasteiger partial charge in [0.05, 0.1) is 0 Å². The molecular weight excluding hydrogens is 308 g/mol. The van der Waals surface area contributed by atoms with Gasteiger partial charge in [0, 0.05) is 19.0 Å². The van der Waals surface area contributed by atoms with E-state index in [9.17, 15) is 4.79 Å². The van der Waals surface area contributed by atoms with Crippen LogP contribution in [0.15, 0.2) is 60.7 Å². The molecule has 2 aromatic rings. The van der Waals surface area contributed by atoms with Crippen molar-refractivity contribution in [3.8, 4) is 0 Å². The van der Waals surface area contributed by atoms with Gasteiger partial charge in [-0.3, -0.25) is 4.79 Å². The summed E-state index contributed by atoms with van der Waals surface area (Å²) in [5.41, 5.74) is 2.51. The largest absolute Gasteiger partial charge is 0.352 e. The molecule has 0 saturated carbocycles. The first-order valence-electron chi connectivity index (χ1n) is 9.31.